The Morgan fingerprint density at radius 2 is 1.70 bits per heavy atom. The highest BCUT2D eigenvalue weighted by Gasteiger charge is 2.37. The minimum atomic E-state index is -1.71. The second-order valence-electron chi connectivity index (χ2n) is 8.63. The number of rotatable bonds is 8. The lowest BCUT2D eigenvalue weighted by atomic mass is 10.2. The lowest BCUT2D eigenvalue weighted by molar-refractivity contribution is 0.0526. The molecular weight excluding hydrogens is 308 g/mol. The zero-order valence-electron chi connectivity index (χ0n) is 16.6. The predicted octanol–water partition coefficient (Wildman–Crippen LogP) is 3.90. The van der Waals surface area contributed by atoms with Crippen LogP contribution in [0.4, 0.5) is 4.79 Å². The molecule has 6 heteroatoms. The number of carbonyl (C=O) groups excluding carboxylic acids is 1. The van der Waals surface area contributed by atoms with E-state index in [1.54, 1.807) is 0 Å². The van der Waals surface area contributed by atoms with E-state index in [-0.39, 0.29) is 11.1 Å². The Morgan fingerprint density at radius 1 is 1.13 bits per heavy atom. The highest BCUT2D eigenvalue weighted by molar-refractivity contribution is 6.74. The van der Waals surface area contributed by atoms with Crippen LogP contribution < -0.4 is 10.6 Å². The van der Waals surface area contributed by atoms with Gasteiger partial charge in [-0.25, -0.2) is 4.79 Å². The maximum Gasteiger partial charge on any atom is 0.407 e. The van der Waals surface area contributed by atoms with E-state index in [0.717, 1.165) is 19.4 Å². The number of likely N-dealkylation sites (N-methyl/N-ethyl adjacent to an activating group) is 1. The number of ether oxygens (including phenoxy) is 1. The molecule has 0 aliphatic heterocycles. The molecule has 0 saturated heterocycles. The molecule has 0 radical (unpaired) electrons. The average Bonchev–Trinajstić information content (AvgIpc) is 2.34. The van der Waals surface area contributed by atoms with Crippen molar-refractivity contribution >= 4 is 14.4 Å². The Hall–Kier alpha value is -0.593. The van der Waals surface area contributed by atoms with Gasteiger partial charge in [0.1, 0.15) is 5.60 Å². The zero-order valence-corrected chi connectivity index (χ0v) is 17.6. The minimum Gasteiger partial charge on any atom is -0.444 e. The van der Waals surface area contributed by atoms with Gasteiger partial charge < -0.3 is 19.8 Å². The van der Waals surface area contributed by atoms with Crippen LogP contribution in [0.5, 0.6) is 0 Å². The largest absolute Gasteiger partial charge is 0.444 e. The molecule has 0 aliphatic rings. The fourth-order valence-corrected chi connectivity index (χ4v) is 2.74. The van der Waals surface area contributed by atoms with Gasteiger partial charge in [0, 0.05) is 19.2 Å². The van der Waals surface area contributed by atoms with Gasteiger partial charge in [-0.05, 0) is 58.8 Å². The molecule has 5 nitrogen and oxygen atoms in total. The van der Waals surface area contributed by atoms with E-state index in [0.29, 0.717) is 12.6 Å². The summed E-state index contributed by atoms with van der Waals surface area (Å²) in [5.74, 6) is 0. The van der Waals surface area contributed by atoms with Gasteiger partial charge in [0.25, 0.3) is 0 Å². The van der Waals surface area contributed by atoms with Gasteiger partial charge in [0.05, 0.1) is 0 Å². The van der Waals surface area contributed by atoms with Crippen LogP contribution >= 0.6 is 0 Å². The molecule has 0 heterocycles. The molecule has 0 aromatic heterocycles. The third-order valence-corrected chi connectivity index (χ3v) is 8.76. The van der Waals surface area contributed by atoms with Crippen molar-refractivity contribution in [3.63, 3.8) is 0 Å². The first-order chi connectivity index (χ1) is 10.3. The minimum absolute atomic E-state index is 0.226. The quantitative estimate of drug-likeness (QED) is 0.517. The fraction of sp³-hybridized carbons (Fsp3) is 0.941. The standard InChI is InChI=1S/C17H38N2O3Si/c1-16(2,3)22-15(20)19-12-10-11-14(18-7)13-21-23(8,9)17(4,5)6/h14,18H,10-13H2,1-9H3,(H,19,20)/t14-/m0/s1. The molecule has 0 spiro atoms. The number of hydrogen-bond acceptors (Lipinski definition) is 4. The van der Waals surface area contributed by atoms with Crippen LogP contribution in [-0.2, 0) is 9.16 Å². The zero-order chi connectivity index (χ0) is 18.3. The van der Waals surface area contributed by atoms with E-state index in [4.69, 9.17) is 9.16 Å². The van der Waals surface area contributed by atoms with E-state index < -0.39 is 13.9 Å². The van der Waals surface area contributed by atoms with E-state index >= 15 is 0 Å². The Balaban J connectivity index is 4.06. The highest BCUT2D eigenvalue weighted by atomic mass is 28.4. The van der Waals surface area contributed by atoms with Crippen molar-refractivity contribution in [2.24, 2.45) is 0 Å². The van der Waals surface area contributed by atoms with Crippen molar-refractivity contribution in [1.82, 2.24) is 10.6 Å². The number of alkyl carbamates (subject to hydrolysis) is 1. The molecule has 0 saturated carbocycles. The molecule has 0 aliphatic carbocycles. The molecule has 0 fully saturated rings. The van der Waals surface area contributed by atoms with Gasteiger partial charge in [-0.1, -0.05) is 20.8 Å². The third-order valence-electron chi connectivity index (χ3n) is 4.26. The van der Waals surface area contributed by atoms with E-state index in [1.807, 2.05) is 27.8 Å². The summed E-state index contributed by atoms with van der Waals surface area (Å²) in [7, 11) is 0.253. The van der Waals surface area contributed by atoms with Crippen LogP contribution in [-0.4, -0.2) is 46.3 Å². The van der Waals surface area contributed by atoms with Crippen molar-refractivity contribution in [2.45, 2.75) is 84.2 Å². The van der Waals surface area contributed by atoms with Gasteiger partial charge in [0.2, 0.25) is 0 Å². The first kappa shape index (κ1) is 22.4. The number of hydrogen-bond donors (Lipinski definition) is 2. The molecular formula is C17H38N2O3Si. The Bertz CT molecular complexity index is 360. The number of nitrogens with one attached hydrogen (secondary N) is 2. The highest BCUT2D eigenvalue weighted by Crippen LogP contribution is 2.36. The molecule has 2 N–H and O–H groups in total. The molecule has 0 aromatic rings. The van der Waals surface area contributed by atoms with Crippen molar-refractivity contribution in [2.75, 3.05) is 20.2 Å². The smallest absolute Gasteiger partial charge is 0.407 e. The first-order valence-electron chi connectivity index (χ1n) is 8.56. The molecule has 138 valence electrons. The van der Waals surface area contributed by atoms with Gasteiger partial charge >= 0.3 is 6.09 Å². The molecule has 1 atom stereocenters. The summed E-state index contributed by atoms with van der Waals surface area (Å²) in [6, 6.07) is 0.310. The Kier molecular flexibility index (Phi) is 8.80. The summed E-state index contributed by atoms with van der Waals surface area (Å²) in [6.07, 6.45) is 1.50. The van der Waals surface area contributed by atoms with Gasteiger partial charge in [-0.3, -0.25) is 0 Å². The molecule has 0 bridgehead atoms. The maximum atomic E-state index is 11.6. The summed E-state index contributed by atoms with van der Waals surface area (Å²) in [5.41, 5.74) is -0.450. The summed E-state index contributed by atoms with van der Waals surface area (Å²) in [4.78, 5) is 11.6. The topological polar surface area (TPSA) is 59.6 Å². The summed E-state index contributed by atoms with van der Waals surface area (Å²) in [5, 5.41) is 6.33. The summed E-state index contributed by atoms with van der Waals surface area (Å²) in [6.45, 7) is 18.2. The van der Waals surface area contributed by atoms with Crippen molar-refractivity contribution < 1.29 is 14.0 Å². The van der Waals surface area contributed by atoms with Crippen LogP contribution in [0.15, 0.2) is 0 Å². The first-order valence-corrected chi connectivity index (χ1v) is 11.5. The van der Waals surface area contributed by atoms with Crippen molar-refractivity contribution in [3.8, 4) is 0 Å². The Labute approximate surface area is 144 Å². The normalized spacial score (nSPS) is 14.5. The molecule has 0 rings (SSSR count). The molecule has 23 heavy (non-hydrogen) atoms. The van der Waals surface area contributed by atoms with Crippen LogP contribution in [0.25, 0.3) is 0 Å². The van der Waals surface area contributed by atoms with Crippen LogP contribution in [0, 0.1) is 0 Å². The van der Waals surface area contributed by atoms with E-state index in [9.17, 15) is 4.79 Å². The molecule has 0 unspecified atom stereocenters. The average molecular weight is 347 g/mol. The van der Waals surface area contributed by atoms with E-state index in [2.05, 4.69) is 44.5 Å². The molecule has 0 aromatic carbocycles. The van der Waals surface area contributed by atoms with E-state index in [1.165, 1.54) is 0 Å². The number of amides is 1. The van der Waals surface area contributed by atoms with Gasteiger partial charge in [0.15, 0.2) is 8.32 Å². The monoisotopic (exact) mass is 346 g/mol. The molecule has 1 amide bonds. The van der Waals surface area contributed by atoms with Gasteiger partial charge in [-0.15, -0.1) is 0 Å². The van der Waals surface area contributed by atoms with Crippen molar-refractivity contribution in [3.05, 3.63) is 0 Å². The lowest BCUT2D eigenvalue weighted by Gasteiger charge is -2.37. The van der Waals surface area contributed by atoms with Crippen LogP contribution in [0.3, 0.4) is 0 Å². The second kappa shape index (κ2) is 9.04. The summed E-state index contributed by atoms with van der Waals surface area (Å²) >= 11 is 0. The fourth-order valence-electron chi connectivity index (χ4n) is 1.69. The van der Waals surface area contributed by atoms with Crippen LogP contribution in [0.1, 0.15) is 54.4 Å². The third kappa shape index (κ3) is 9.99. The SMILES string of the molecule is CN[C@@H](CCCNC(=O)OC(C)(C)C)CO[Si](C)(C)C(C)(C)C. The predicted molar refractivity (Wildman–Crippen MR) is 99.5 cm³/mol. The van der Waals surface area contributed by atoms with Crippen LogP contribution in [0.2, 0.25) is 18.1 Å². The summed E-state index contributed by atoms with van der Waals surface area (Å²) < 4.78 is 11.5. The second-order valence-corrected chi connectivity index (χ2v) is 13.4. The Morgan fingerprint density at radius 3 is 2.13 bits per heavy atom. The van der Waals surface area contributed by atoms with Gasteiger partial charge in [-0.2, -0.15) is 0 Å². The lowest BCUT2D eigenvalue weighted by Crippen LogP contribution is -2.44. The van der Waals surface area contributed by atoms with Crippen molar-refractivity contribution in [1.29, 1.82) is 0 Å². The number of carbonyl (C=O) groups is 1. The maximum absolute atomic E-state index is 11.6.